The van der Waals surface area contributed by atoms with Crippen LogP contribution in [-0.2, 0) is 4.74 Å². The molecule has 130 valence electrons. The molecule has 0 spiro atoms. The van der Waals surface area contributed by atoms with E-state index in [1.807, 2.05) is 6.92 Å². The molecule has 23 heavy (non-hydrogen) atoms. The molecule has 1 heterocycles. The molecule has 0 radical (unpaired) electrons. The van der Waals surface area contributed by atoms with Gasteiger partial charge in [-0.1, -0.05) is 57.6 Å². The van der Waals surface area contributed by atoms with Crippen LogP contribution in [0.4, 0.5) is 0 Å². The lowest BCUT2D eigenvalue weighted by Gasteiger charge is -2.29. The smallest absolute Gasteiger partial charge is 0.359 e. The molecule has 1 aromatic heterocycles. The van der Waals surface area contributed by atoms with Gasteiger partial charge in [-0.3, -0.25) is 0 Å². The van der Waals surface area contributed by atoms with E-state index in [1.54, 1.807) is 0 Å². The molecular formula is C18H29ClN2O2. The first-order chi connectivity index (χ1) is 11.0. The molecule has 1 atom stereocenters. The zero-order valence-corrected chi connectivity index (χ0v) is 15.4. The molecule has 4 nitrogen and oxygen atoms in total. The highest BCUT2D eigenvalue weighted by Gasteiger charge is 2.29. The number of rotatable bonds is 11. The largest absolute Gasteiger partial charge is 0.455 e. The minimum atomic E-state index is -0.429. The predicted octanol–water partition coefficient (Wildman–Crippen LogP) is 5.60. The van der Waals surface area contributed by atoms with Crippen LogP contribution in [0.3, 0.4) is 0 Å². The van der Waals surface area contributed by atoms with E-state index in [-0.39, 0.29) is 10.8 Å². The molecule has 5 heteroatoms. The summed E-state index contributed by atoms with van der Waals surface area (Å²) in [4.78, 5) is 20.2. The maximum Gasteiger partial charge on any atom is 0.359 e. The number of halogens is 1. The van der Waals surface area contributed by atoms with Gasteiger partial charge in [0.05, 0.1) is 12.4 Å². The molecule has 1 aromatic rings. The van der Waals surface area contributed by atoms with Crippen molar-refractivity contribution in [3.8, 4) is 0 Å². The average molecular weight is 341 g/mol. The van der Waals surface area contributed by atoms with Crippen molar-refractivity contribution in [3.05, 3.63) is 23.2 Å². The summed E-state index contributed by atoms with van der Waals surface area (Å²) in [7, 11) is 0. The summed E-state index contributed by atoms with van der Waals surface area (Å²) in [6, 6.07) is 0. The second-order valence-electron chi connectivity index (χ2n) is 6.33. The molecule has 0 unspecified atom stereocenters. The molecule has 1 rings (SSSR count). The van der Waals surface area contributed by atoms with E-state index in [2.05, 4.69) is 23.8 Å². The maximum absolute atomic E-state index is 12.3. The maximum atomic E-state index is 12.3. The van der Waals surface area contributed by atoms with Gasteiger partial charge in [-0.25, -0.2) is 14.8 Å². The van der Waals surface area contributed by atoms with Crippen LogP contribution in [0.5, 0.6) is 0 Å². The van der Waals surface area contributed by atoms with E-state index >= 15 is 0 Å². The predicted molar refractivity (Wildman–Crippen MR) is 93.8 cm³/mol. The first-order valence-corrected chi connectivity index (χ1v) is 9.09. The zero-order valence-electron chi connectivity index (χ0n) is 14.6. The van der Waals surface area contributed by atoms with E-state index in [0.29, 0.717) is 0 Å². The average Bonchev–Trinajstić information content (AvgIpc) is 2.52. The summed E-state index contributed by atoms with van der Waals surface area (Å²) in [6.45, 7) is 6.41. The van der Waals surface area contributed by atoms with Crippen LogP contribution in [-0.4, -0.2) is 21.5 Å². The summed E-state index contributed by atoms with van der Waals surface area (Å²) in [5.74, 6) is -0.413. The quantitative estimate of drug-likeness (QED) is 0.389. The lowest BCUT2D eigenvalue weighted by molar-refractivity contribution is -0.0205. The zero-order chi connectivity index (χ0) is 17.1. The van der Waals surface area contributed by atoms with Crippen LogP contribution in [0.25, 0.3) is 0 Å². The highest BCUT2D eigenvalue weighted by molar-refractivity contribution is 6.29. The summed E-state index contributed by atoms with van der Waals surface area (Å²) < 4.78 is 5.81. The van der Waals surface area contributed by atoms with E-state index in [0.717, 1.165) is 38.5 Å². The highest BCUT2D eigenvalue weighted by Crippen LogP contribution is 2.27. The van der Waals surface area contributed by atoms with Crippen LogP contribution in [0.15, 0.2) is 12.4 Å². The molecule has 0 aromatic carbocycles. The number of aromatic nitrogens is 2. The fraction of sp³-hybridized carbons (Fsp3) is 0.722. The Bertz CT molecular complexity index is 465. The van der Waals surface area contributed by atoms with Gasteiger partial charge in [-0.2, -0.15) is 0 Å². The van der Waals surface area contributed by atoms with Crippen LogP contribution < -0.4 is 0 Å². The topological polar surface area (TPSA) is 52.1 Å². The summed E-state index contributed by atoms with van der Waals surface area (Å²) in [6.07, 6.45) is 12.6. The standard InChI is InChI=1S/C18H29ClN2O2/c1-4-6-8-10-12-18(3,11-9-7-5-2)23-17(22)15-13-21-16(19)14-20-15/h13-14H,4-12H2,1-3H3/t18-/m1/s1. The van der Waals surface area contributed by atoms with Crippen LogP contribution in [0.1, 0.15) is 89.0 Å². The first kappa shape index (κ1) is 19.9. The number of carbonyl (C=O) groups excluding carboxylic acids is 1. The normalized spacial score (nSPS) is 13.6. The Morgan fingerprint density at radius 3 is 2.22 bits per heavy atom. The van der Waals surface area contributed by atoms with Gasteiger partial charge in [-0.15, -0.1) is 0 Å². The van der Waals surface area contributed by atoms with Crippen molar-refractivity contribution >= 4 is 17.6 Å². The van der Waals surface area contributed by atoms with Crippen molar-refractivity contribution in [2.24, 2.45) is 0 Å². The summed E-state index contributed by atoms with van der Waals surface area (Å²) >= 11 is 5.71. The van der Waals surface area contributed by atoms with Crippen LogP contribution >= 0.6 is 11.6 Å². The van der Waals surface area contributed by atoms with E-state index in [4.69, 9.17) is 16.3 Å². The van der Waals surface area contributed by atoms with Gasteiger partial charge < -0.3 is 4.74 Å². The summed E-state index contributed by atoms with van der Waals surface area (Å²) in [5, 5.41) is 0.270. The molecular weight excluding hydrogens is 312 g/mol. The summed E-state index contributed by atoms with van der Waals surface area (Å²) in [5.41, 5.74) is -0.217. The van der Waals surface area contributed by atoms with Gasteiger partial charge in [-0.05, 0) is 32.6 Å². The molecule has 0 aliphatic carbocycles. The van der Waals surface area contributed by atoms with Crippen molar-refractivity contribution in [2.75, 3.05) is 0 Å². The van der Waals surface area contributed by atoms with Crippen LogP contribution in [0.2, 0.25) is 5.15 Å². The minimum Gasteiger partial charge on any atom is -0.455 e. The number of nitrogens with zero attached hydrogens (tertiary/aromatic N) is 2. The molecule has 0 saturated heterocycles. The molecule has 0 aliphatic heterocycles. The van der Waals surface area contributed by atoms with Gasteiger partial charge in [0, 0.05) is 0 Å². The lowest BCUT2D eigenvalue weighted by Crippen LogP contribution is -2.32. The Balaban J connectivity index is 2.65. The third-order valence-electron chi connectivity index (χ3n) is 4.04. The Hall–Kier alpha value is -1.16. The molecule has 0 aliphatic rings. The van der Waals surface area contributed by atoms with E-state index in [1.165, 1.54) is 31.7 Å². The fourth-order valence-corrected chi connectivity index (χ4v) is 2.69. The highest BCUT2D eigenvalue weighted by atomic mass is 35.5. The van der Waals surface area contributed by atoms with E-state index in [9.17, 15) is 4.79 Å². The van der Waals surface area contributed by atoms with Crippen molar-refractivity contribution in [2.45, 2.75) is 84.2 Å². The Morgan fingerprint density at radius 2 is 1.65 bits per heavy atom. The number of hydrogen-bond acceptors (Lipinski definition) is 4. The third-order valence-corrected chi connectivity index (χ3v) is 4.23. The second-order valence-corrected chi connectivity index (χ2v) is 6.72. The molecule has 0 N–H and O–H groups in total. The van der Waals surface area contributed by atoms with Crippen molar-refractivity contribution < 1.29 is 9.53 Å². The number of hydrogen-bond donors (Lipinski definition) is 0. The van der Waals surface area contributed by atoms with Gasteiger partial charge >= 0.3 is 5.97 Å². The second kappa shape index (κ2) is 10.6. The third kappa shape index (κ3) is 7.78. The van der Waals surface area contributed by atoms with Crippen molar-refractivity contribution in [1.82, 2.24) is 9.97 Å². The number of esters is 1. The Morgan fingerprint density at radius 1 is 1.04 bits per heavy atom. The Labute approximate surface area is 145 Å². The SMILES string of the molecule is CCCCCC[C@@](C)(CCCCC)OC(=O)c1cnc(Cl)cn1. The molecule has 0 amide bonds. The van der Waals surface area contributed by atoms with Crippen molar-refractivity contribution in [1.29, 1.82) is 0 Å². The van der Waals surface area contributed by atoms with Gasteiger partial charge in [0.1, 0.15) is 10.8 Å². The molecule has 0 fully saturated rings. The van der Waals surface area contributed by atoms with Gasteiger partial charge in [0.2, 0.25) is 0 Å². The first-order valence-electron chi connectivity index (χ1n) is 8.71. The lowest BCUT2D eigenvalue weighted by atomic mass is 9.91. The fourth-order valence-electron chi connectivity index (χ4n) is 2.60. The van der Waals surface area contributed by atoms with Crippen LogP contribution in [0, 0.1) is 0 Å². The number of unbranched alkanes of at least 4 members (excludes halogenated alkanes) is 5. The monoisotopic (exact) mass is 340 g/mol. The number of carbonyl (C=O) groups is 1. The molecule has 0 bridgehead atoms. The van der Waals surface area contributed by atoms with E-state index < -0.39 is 11.6 Å². The van der Waals surface area contributed by atoms with Gasteiger partial charge in [0.25, 0.3) is 0 Å². The minimum absolute atomic E-state index is 0.213. The Kier molecular flexibility index (Phi) is 9.15. The molecule has 0 saturated carbocycles. The number of ether oxygens (including phenoxy) is 1. The van der Waals surface area contributed by atoms with Gasteiger partial charge in [0.15, 0.2) is 5.69 Å². The van der Waals surface area contributed by atoms with Crippen molar-refractivity contribution in [3.63, 3.8) is 0 Å².